The largest absolute Gasteiger partial charge is 0.412 e. The van der Waals surface area contributed by atoms with Crippen LogP contribution in [0.5, 0.6) is 0 Å². The number of aromatic nitrogens is 6. The number of hydrogen-bond acceptors (Lipinski definition) is 4. The number of fused-ring (bicyclic) bond motifs is 1. The topological polar surface area (TPSA) is 113 Å². The Morgan fingerprint density at radius 2 is 1.86 bits per heavy atom. The molecule has 1 fully saturated rings. The number of nitrogens with one attached hydrogen (secondary N) is 1. The van der Waals surface area contributed by atoms with Gasteiger partial charge in [0.2, 0.25) is 0 Å². The van der Waals surface area contributed by atoms with Gasteiger partial charge in [-0.25, -0.2) is 9.67 Å². The zero-order valence-corrected chi connectivity index (χ0v) is 16.0. The van der Waals surface area contributed by atoms with Gasteiger partial charge in [0.25, 0.3) is 5.56 Å². The van der Waals surface area contributed by atoms with E-state index in [9.17, 15) is 4.79 Å². The maximum Gasteiger partial charge on any atom is 0.262 e. The minimum atomic E-state index is -0.211. The van der Waals surface area contributed by atoms with Gasteiger partial charge in [-0.2, -0.15) is 5.10 Å². The molecule has 0 saturated heterocycles. The van der Waals surface area contributed by atoms with Crippen molar-refractivity contribution >= 4 is 11.0 Å². The van der Waals surface area contributed by atoms with Crippen LogP contribution in [0.3, 0.4) is 0 Å². The number of H-pyrrole nitrogens is 1. The third-order valence-corrected chi connectivity index (χ3v) is 5.14. The molecule has 8 heteroatoms. The molecule has 3 N–H and O–H groups in total. The first kappa shape index (κ1) is 18.1. The monoisotopic (exact) mass is 378 g/mol. The van der Waals surface area contributed by atoms with E-state index in [1.165, 1.54) is 18.4 Å². The molecule has 144 valence electrons. The number of rotatable bonds is 3. The highest BCUT2D eigenvalue weighted by Crippen LogP contribution is 2.41. The van der Waals surface area contributed by atoms with Crippen molar-refractivity contribution in [2.24, 2.45) is 7.05 Å². The van der Waals surface area contributed by atoms with Gasteiger partial charge in [0.15, 0.2) is 11.5 Å². The summed E-state index contributed by atoms with van der Waals surface area (Å²) in [6.45, 7) is 4.19. The molecule has 8 nitrogen and oxygen atoms in total. The van der Waals surface area contributed by atoms with Crippen LogP contribution in [0, 0.1) is 13.8 Å². The maximum absolute atomic E-state index is 12.6. The summed E-state index contributed by atoms with van der Waals surface area (Å²) in [6, 6.07) is 6.29. The zero-order valence-electron chi connectivity index (χ0n) is 16.0. The highest BCUT2D eigenvalue weighted by atomic mass is 16.1. The molecule has 1 saturated carbocycles. The van der Waals surface area contributed by atoms with E-state index in [1.54, 1.807) is 15.6 Å². The predicted molar refractivity (Wildman–Crippen MR) is 107 cm³/mol. The van der Waals surface area contributed by atoms with Crippen molar-refractivity contribution in [1.29, 1.82) is 0 Å². The van der Waals surface area contributed by atoms with Crippen molar-refractivity contribution in [3.05, 3.63) is 57.6 Å². The molecule has 0 radical (unpaired) electrons. The van der Waals surface area contributed by atoms with E-state index in [2.05, 4.69) is 46.1 Å². The van der Waals surface area contributed by atoms with Crippen LogP contribution in [0.4, 0.5) is 0 Å². The average Bonchev–Trinajstić information content (AvgIpc) is 3.24. The minimum absolute atomic E-state index is 0. The lowest BCUT2D eigenvalue weighted by atomic mass is 10.0. The van der Waals surface area contributed by atoms with E-state index >= 15 is 0 Å². The summed E-state index contributed by atoms with van der Waals surface area (Å²) in [7, 11) is 1.83. The van der Waals surface area contributed by atoms with Gasteiger partial charge in [0.05, 0.1) is 5.69 Å². The lowest BCUT2D eigenvalue weighted by Crippen LogP contribution is -2.08. The predicted octanol–water partition coefficient (Wildman–Crippen LogP) is 2.18. The second-order valence-electron chi connectivity index (χ2n) is 7.38. The van der Waals surface area contributed by atoms with Gasteiger partial charge in [-0.3, -0.25) is 9.48 Å². The Hall–Kier alpha value is -3.26. The van der Waals surface area contributed by atoms with Gasteiger partial charge in [0.1, 0.15) is 11.1 Å². The highest BCUT2D eigenvalue weighted by Gasteiger charge is 2.25. The lowest BCUT2D eigenvalue weighted by molar-refractivity contribution is 0.768. The first-order chi connectivity index (χ1) is 13.0. The summed E-state index contributed by atoms with van der Waals surface area (Å²) >= 11 is 0. The van der Waals surface area contributed by atoms with E-state index in [-0.39, 0.29) is 11.0 Å². The normalized spacial score (nSPS) is 13.7. The Morgan fingerprint density at radius 3 is 2.46 bits per heavy atom. The van der Waals surface area contributed by atoms with Gasteiger partial charge in [-0.1, -0.05) is 12.1 Å². The summed E-state index contributed by atoms with van der Waals surface area (Å²) in [5.41, 5.74) is 5.56. The zero-order chi connectivity index (χ0) is 18.7. The van der Waals surface area contributed by atoms with Crippen molar-refractivity contribution in [3.8, 4) is 17.2 Å². The Balaban J connectivity index is 0.00000192. The number of aryl methyl sites for hydroxylation is 3. The fourth-order valence-corrected chi connectivity index (χ4v) is 3.70. The van der Waals surface area contributed by atoms with E-state index in [4.69, 9.17) is 0 Å². The average molecular weight is 378 g/mol. The maximum atomic E-state index is 12.6. The van der Waals surface area contributed by atoms with Crippen LogP contribution in [0.25, 0.3) is 28.2 Å². The second kappa shape index (κ2) is 6.42. The molecule has 1 aliphatic carbocycles. The molecule has 1 aliphatic rings. The van der Waals surface area contributed by atoms with E-state index in [0.717, 1.165) is 16.8 Å². The molecule has 0 atom stereocenters. The van der Waals surface area contributed by atoms with Crippen molar-refractivity contribution in [2.75, 3.05) is 0 Å². The van der Waals surface area contributed by atoms with Crippen molar-refractivity contribution in [2.45, 2.75) is 32.6 Å². The SMILES string of the molecule is Cc1cc(C2CC2)cc(C)c1-n1cc2c(=O)[nH]c(-c3ccn(C)n3)nc2n1.O. The quantitative estimate of drug-likeness (QED) is 0.588. The number of aromatic amines is 1. The summed E-state index contributed by atoms with van der Waals surface area (Å²) in [4.78, 5) is 19.9. The summed E-state index contributed by atoms with van der Waals surface area (Å²) in [6.07, 6.45) is 6.13. The molecule has 28 heavy (non-hydrogen) atoms. The Kier molecular flexibility index (Phi) is 4.15. The molecule has 3 aromatic heterocycles. The lowest BCUT2D eigenvalue weighted by Gasteiger charge is -2.12. The van der Waals surface area contributed by atoms with Gasteiger partial charge in [-0.15, -0.1) is 5.10 Å². The Labute approximate surface area is 161 Å². The molecule has 3 heterocycles. The molecule has 0 bridgehead atoms. The molecular formula is C20H22N6O2. The van der Waals surface area contributed by atoms with Gasteiger partial charge >= 0.3 is 0 Å². The summed E-state index contributed by atoms with van der Waals surface area (Å²) < 4.78 is 3.45. The van der Waals surface area contributed by atoms with Crippen LogP contribution in [-0.4, -0.2) is 35.0 Å². The molecule has 5 rings (SSSR count). The van der Waals surface area contributed by atoms with Gasteiger partial charge < -0.3 is 10.5 Å². The third-order valence-electron chi connectivity index (χ3n) is 5.14. The first-order valence-corrected chi connectivity index (χ1v) is 9.11. The molecule has 0 spiro atoms. The van der Waals surface area contributed by atoms with Crippen molar-refractivity contribution in [3.63, 3.8) is 0 Å². The summed E-state index contributed by atoms with van der Waals surface area (Å²) in [5, 5.41) is 9.38. The Morgan fingerprint density at radius 1 is 1.14 bits per heavy atom. The van der Waals surface area contributed by atoms with Crippen LogP contribution in [0.15, 0.2) is 35.4 Å². The van der Waals surface area contributed by atoms with Crippen LogP contribution in [0.2, 0.25) is 0 Å². The number of nitrogens with zero attached hydrogens (tertiary/aromatic N) is 5. The Bertz CT molecular complexity index is 1220. The number of benzene rings is 1. The molecule has 0 aliphatic heterocycles. The summed E-state index contributed by atoms with van der Waals surface area (Å²) in [5.74, 6) is 1.13. The molecular weight excluding hydrogens is 356 g/mol. The van der Waals surface area contributed by atoms with Crippen LogP contribution >= 0.6 is 0 Å². The van der Waals surface area contributed by atoms with Crippen molar-refractivity contribution in [1.82, 2.24) is 29.5 Å². The molecule has 4 aromatic rings. The van der Waals surface area contributed by atoms with Crippen LogP contribution < -0.4 is 5.56 Å². The first-order valence-electron chi connectivity index (χ1n) is 9.11. The molecule has 0 amide bonds. The standard InChI is InChI=1S/C20H20N6O.H2O/c1-11-8-14(13-4-5-13)9-12(2)17(11)26-10-15-18(24-26)21-19(22-20(15)27)16-6-7-25(3)23-16;/h6-10,13H,4-5H2,1-3H3,(H,21,22,24,27);1H2. The highest BCUT2D eigenvalue weighted by molar-refractivity contribution is 5.75. The minimum Gasteiger partial charge on any atom is -0.412 e. The van der Waals surface area contributed by atoms with E-state index in [0.29, 0.717) is 28.5 Å². The van der Waals surface area contributed by atoms with Crippen molar-refractivity contribution < 1.29 is 5.48 Å². The van der Waals surface area contributed by atoms with E-state index in [1.807, 2.05) is 19.3 Å². The second-order valence-corrected chi connectivity index (χ2v) is 7.38. The smallest absolute Gasteiger partial charge is 0.262 e. The van der Waals surface area contributed by atoms with Gasteiger partial charge in [-0.05, 0) is 55.4 Å². The molecule has 0 unspecified atom stereocenters. The fraction of sp³-hybridized carbons (Fsp3) is 0.300. The number of hydrogen-bond donors (Lipinski definition) is 1. The third kappa shape index (κ3) is 2.91. The molecule has 1 aromatic carbocycles. The van der Waals surface area contributed by atoms with Crippen LogP contribution in [-0.2, 0) is 7.05 Å². The fourth-order valence-electron chi connectivity index (χ4n) is 3.70. The van der Waals surface area contributed by atoms with Gasteiger partial charge in [0, 0.05) is 19.4 Å². The van der Waals surface area contributed by atoms with E-state index < -0.39 is 0 Å². The van der Waals surface area contributed by atoms with Crippen LogP contribution in [0.1, 0.15) is 35.4 Å².